The van der Waals surface area contributed by atoms with E-state index >= 15 is 0 Å². The van der Waals surface area contributed by atoms with Crippen molar-refractivity contribution < 1.29 is 14.6 Å². The first-order chi connectivity index (χ1) is 12.6. The van der Waals surface area contributed by atoms with Crippen LogP contribution in [0.2, 0.25) is 0 Å². The molecule has 1 heterocycles. The van der Waals surface area contributed by atoms with Crippen molar-refractivity contribution in [3.05, 3.63) is 35.9 Å². The number of nitrogens with zero attached hydrogens (tertiary/aromatic N) is 1. The molecule has 1 aromatic carbocycles. The molecule has 2 unspecified atom stereocenters. The van der Waals surface area contributed by atoms with E-state index in [2.05, 4.69) is 15.6 Å². The smallest absolute Gasteiger partial charge is 0.191 e. The molecule has 1 fully saturated rings. The molecular weight excluding hydrogens is 457 g/mol. The molecule has 3 N–H and O–H groups in total. The van der Waals surface area contributed by atoms with Crippen LogP contribution < -0.4 is 10.6 Å². The van der Waals surface area contributed by atoms with Crippen LogP contribution in [0.4, 0.5) is 0 Å². The number of halogens is 1. The summed E-state index contributed by atoms with van der Waals surface area (Å²) in [4.78, 5) is 4.53. The molecule has 27 heavy (non-hydrogen) atoms. The van der Waals surface area contributed by atoms with Gasteiger partial charge in [-0.25, -0.2) is 4.99 Å². The number of nitrogens with one attached hydrogen (secondary N) is 2. The summed E-state index contributed by atoms with van der Waals surface area (Å²) in [5.41, 5.74) is -0.129. The third-order valence-electron chi connectivity index (χ3n) is 4.37. The van der Waals surface area contributed by atoms with Gasteiger partial charge in [0.25, 0.3) is 0 Å². The Bertz CT molecular complexity index is 535. The number of aliphatic imine (C=N–C) groups is 1. The zero-order chi connectivity index (χ0) is 18.7. The summed E-state index contributed by atoms with van der Waals surface area (Å²) < 4.78 is 11.2. The van der Waals surface area contributed by atoms with E-state index in [1.165, 1.54) is 0 Å². The summed E-state index contributed by atoms with van der Waals surface area (Å²) in [7, 11) is 0. The predicted molar refractivity (Wildman–Crippen MR) is 120 cm³/mol. The maximum atomic E-state index is 10.7. The first-order valence-electron chi connectivity index (χ1n) is 9.61. The molecule has 0 saturated carbocycles. The van der Waals surface area contributed by atoms with Crippen molar-refractivity contribution in [1.82, 2.24) is 10.6 Å². The zero-order valence-electron chi connectivity index (χ0n) is 16.4. The second kappa shape index (κ2) is 13.3. The van der Waals surface area contributed by atoms with E-state index in [1.54, 1.807) is 6.92 Å². The molecule has 0 spiro atoms. The molecule has 1 aliphatic rings. The van der Waals surface area contributed by atoms with Crippen molar-refractivity contribution in [1.29, 1.82) is 0 Å². The van der Waals surface area contributed by atoms with Gasteiger partial charge in [0.2, 0.25) is 0 Å². The van der Waals surface area contributed by atoms with Gasteiger partial charge in [-0.15, -0.1) is 24.0 Å². The zero-order valence-corrected chi connectivity index (χ0v) is 18.8. The molecule has 6 nitrogen and oxygen atoms in total. The maximum Gasteiger partial charge on any atom is 0.191 e. The molecule has 0 amide bonds. The standard InChI is InChI=1S/C20H33N3O3.HI/c1-3-21-19(22-12-8-13-25-15-18-11-7-14-26-18)23-16-20(2,24)17-9-5-4-6-10-17;/h4-6,9-10,18,24H,3,7-8,11-16H2,1-2H3,(H2,21,22,23);1H. The van der Waals surface area contributed by atoms with E-state index in [9.17, 15) is 5.11 Å². The Morgan fingerprint density at radius 2 is 2.11 bits per heavy atom. The minimum absolute atomic E-state index is 0. The molecule has 0 aromatic heterocycles. The summed E-state index contributed by atoms with van der Waals surface area (Å²) in [6.07, 6.45) is 3.43. The van der Waals surface area contributed by atoms with E-state index in [0.717, 1.165) is 44.5 Å². The Labute approximate surface area is 180 Å². The summed E-state index contributed by atoms with van der Waals surface area (Å²) in [5, 5.41) is 17.2. The fraction of sp³-hybridized carbons (Fsp3) is 0.650. The number of aliphatic hydroxyl groups is 1. The molecule has 1 saturated heterocycles. The normalized spacial score (nSPS) is 19.2. The van der Waals surface area contributed by atoms with Gasteiger partial charge >= 0.3 is 0 Å². The van der Waals surface area contributed by atoms with Crippen LogP contribution in [0.15, 0.2) is 35.3 Å². The number of guanidine groups is 1. The van der Waals surface area contributed by atoms with Crippen LogP contribution in [0.1, 0.15) is 38.7 Å². The van der Waals surface area contributed by atoms with Gasteiger partial charge in [-0.1, -0.05) is 30.3 Å². The second-order valence-electron chi connectivity index (χ2n) is 6.83. The number of benzene rings is 1. The predicted octanol–water partition coefficient (Wildman–Crippen LogP) is 2.65. The van der Waals surface area contributed by atoms with Crippen LogP contribution in [-0.4, -0.2) is 56.6 Å². The maximum absolute atomic E-state index is 10.7. The molecule has 2 rings (SSSR count). The molecule has 0 radical (unpaired) electrons. The van der Waals surface area contributed by atoms with E-state index in [4.69, 9.17) is 9.47 Å². The van der Waals surface area contributed by atoms with Crippen LogP contribution in [0.3, 0.4) is 0 Å². The largest absolute Gasteiger partial charge is 0.384 e. The number of hydrogen-bond acceptors (Lipinski definition) is 4. The van der Waals surface area contributed by atoms with Crippen LogP contribution >= 0.6 is 24.0 Å². The lowest BCUT2D eigenvalue weighted by atomic mass is 9.96. The van der Waals surface area contributed by atoms with Crippen LogP contribution in [0, 0.1) is 0 Å². The number of ether oxygens (including phenoxy) is 2. The fourth-order valence-electron chi connectivity index (χ4n) is 2.83. The highest BCUT2D eigenvalue weighted by molar-refractivity contribution is 14.0. The lowest BCUT2D eigenvalue weighted by Gasteiger charge is -2.22. The molecular formula is C20H34IN3O3. The van der Waals surface area contributed by atoms with E-state index in [1.807, 2.05) is 37.3 Å². The van der Waals surface area contributed by atoms with Crippen molar-refractivity contribution in [3.8, 4) is 0 Å². The van der Waals surface area contributed by atoms with Crippen molar-refractivity contribution >= 4 is 29.9 Å². The quantitative estimate of drug-likeness (QED) is 0.203. The first kappa shape index (κ1) is 24.1. The highest BCUT2D eigenvalue weighted by atomic mass is 127. The molecule has 0 aliphatic carbocycles. The van der Waals surface area contributed by atoms with Crippen molar-refractivity contribution in [2.24, 2.45) is 4.99 Å². The van der Waals surface area contributed by atoms with Gasteiger partial charge in [0.1, 0.15) is 5.60 Å². The van der Waals surface area contributed by atoms with Gasteiger partial charge in [0.15, 0.2) is 5.96 Å². The molecule has 2 atom stereocenters. The van der Waals surface area contributed by atoms with Crippen LogP contribution in [0.25, 0.3) is 0 Å². The second-order valence-corrected chi connectivity index (χ2v) is 6.83. The van der Waals surface area contributed by atoms with Crippen LogP contribution in [0.5, 0.6) is 0 Å². The Morgan fingerprint density at radius 3 is 2.78 bits per heavy atom. The molecule has 154 valence electrons. The van der Waals surface area contributed by atoms with Gasteiger partial charge in [0.05, 0.1) is 19.3 Å². The fourth-order valence-corrected chi connectivity index (χ4v) is 2.83. The lowest BCUT2D eigenvalue weighted by Crippen LogP contribution is -2.39. The number of rotatable bonds is 10. The van der Waals surface area contributed by atoms with Gasteiger partial charge in [-0.2, -0.15) is 0 Å². The minimum atomic E-state index is -0.992. The minimum Gasteiger partial charge on any atom is -0.384 e. The molecule has 7 heteroatoms. The average molecular weight is 491 g/mol. The van der Waals surface area contributed by atoms with Gasteiger partial charge < -0.3 is 25.2 Å². The summed E-state index contributed by atoms with van der Waals surface area (Å²) in [6, 6.07) is 9.62. The monoisotopic (exact) mass is 491 g/mol. The summed E-state index contributed by atoms with van der Waals surface area (Å²) in [6.45, 7) is 7.90. The Hall–Kier alpha value is -0.900. The van der Waals surface area contributed by atoms with E-state index in [0.29, 0.717) is 25.7 Å². The lowest BCUT2D eigenvalue weighted by molar-refractivity contribution is 0.0168. The highest BCUT2D eigenvalue weighted by Gasteiger charge is 2.22. The Kier molecular flexibility index (Phi) is 11.9. The topological polar surface area (TPSA) is 75.1 Å². The van der Waals surface area contributed by atoms with E-state index < -0.39 is 5.60 Å². The molecule has 1 aliphatic heterocycles. The summed E-state index contributed by atoms with van der Waals surface area (Å²) >= 11 is 0. The van der Waals surface area contributed by atoms with E-state index in [-0.39, 0.29) is 30.1 Å². The van der Waals surface area contributed by atoms with Crippen molar-refractivity contribution in [2.75, 3.05) is 39.5 Å². The van der Waals surface area contributed by atoms with Gasteiger partial charge in [-0.05, 0) is 38.7 Å². The van der Waals surface area contributed by atoms with Crippen molar-refractivity contribution in [2.45, 2.75) is 44.8 Å². The third-order valence-corrected chi connectivity index (χ3v) is 4.37. The third kappa shape index (κ3) is 9.23. The Balaban J connectivity index is 0.00000364. The highest BCUT2D eigenvalue weighted by Crippen LogP contribution is 2.20. The van der Waals surface area contributed by atoms with Crippen LogP contribution in [-0.2, 0) is 15.1 Å². The van der Waals surface area contributed by atoms with Gasteiger partial charge in [0, 0.05) is 26.3 Å². The SMILES string of the molecule is CCNC(=NCC(C)(O)c1ccccc1)NCCCOCC1CCCO1.I. The Morgan fingerprint density at radius 1 is 1.33 bits per heavy atom. The number of hydrogen-bond donors (Lipinski definition) is 3. The molecule has 0 bridgehead atoms. The summed E-state index contributed by atoms with van der Waals surface area (Å²) in [5.74, 6) is 0.711. The first-order valence-corrected chi connectivity index (χ1v) is 9.61. The van der Waals surface area contributed by atoms with Crippen molar-refractivity contribution in [3.63, 3.8) is 0 Å². The molecule has 1 aromatic rings. The average Bonchev–Trinajstić information content (AvgIpc) is 3.16. The van der Waals surface area contributed by atoms with Gasteiger partial charge in [-0.3, -0.25) is 0 Å².